The van der Waals surface area contributed by atoms with Gasteiger partial charge in [0.1, 0.15) is 18.3 Å². The molecule has 0 aromatic heterocycles. The third-order valence-electron chi connectivity index (χ3n) is 6.38. The highest BCUT2D eigenvalue weighted by molar-refractivity contribution is 6.74. The minimum atomic E-state index is -1.87. The number of ether oxygens (including phenoxy) is 4. The molecule has 0 aromatic carbocycles. The van der Waals surface area contributed by atoms with Crippen molar-refractivity contribution in [2.24, 2.45) is 0 Å². The van der Waals surface area contributed by atoms with Crippen molar-refractivity contribution in [3.8, 4) is 0 Å². The predicted octanol–water partition coefficient (Wildman–Crippen LogP) is 3.41. The first-order valence-corrected chi connectivity index (χ1v) is 13.2. The van der Waals surface area contributed by atoms with E-state index in [1.807, 2.05) is 27.7 Å². The van der Waals surface area contributed by atoms with Crippen LogP contribution in [0.15, 0.2) is 0 Å². The van der Waals surface area contributed by atoms with Gasteiger partial charge in [-0.1, -0.05) is 20.8 Å². The van der Waals surface area contributed by atoms with E-state index in [9.17, 15) is 0 Å². The Hall–Kier alpha value is -0.0231. The second-order valence-corrected chi connectivity index (χ2v) is 15.4. The first kappa shape index (κ1) is 21.7. The molecule has 1 N–H and O–H groups in total. The summed E-state index contributed by atoms with van der Waals surface area (Å²) in [6.07, 6.45) is 0.689. The molecule has 3 saturated heterocycles. The molecular weight excluding hydrogens is 362 g/mol. The van der Waals surface area contributed by atoms with Crippen LogP contribution in [0.1, 0.15) is 54.9 Å². The van der Waals surface area contributed by atoms with Gasteiger partial charge < -0.3 is 28.7 Å². The molecule has 0 amide bonds. The Balaban J connectivity index is 1.77. The molecule has 3 aliphatic heterocycles. The van der Waals surface area contributed by atoms with Crippen LogP contribution in [0.25, 0.3) is 0 Å². The fourth-order valence-corrected chi connectivity index (χ4v) is 5.35. The van der Waals surface area contributed by atoms with Crippen LogP contribution in [0.4, 0.5) is 0 Å². The van der Waals surface area contributed by atoms with E-state index < -0.39 is 19.9 Å². The zero-order valence-electron chi connectivity index (χ0n) is 18.5. The van der Waals surface area contributed by atoms with E-state index in [-0.39, 0.29) is 35.5 Å². The van der Waals surface area contributed by atoms with Gasteiger partial charge in [-0.3, -0.25) is 0 Å². The first-order chi connectivity index (χ1) is 12.2. The standard InChI is InChI=1S/C20H39NO5Si/c1-18(2,3)27(8,9)26-13-10-11-21-15(13)17-16(24-20(6,7)25-17)14-12-22-19(4,5)23-14/h13-17,21H,10-12H2,1-9H3/t13-,14+,15+,16+,17+/m0/s1. The summed E-state index contributed by atoms with van der Waals surface area (Å²) in [5.74, 6) is -1.22. The quantitative estimate of drug-likeness (QED) is 0.729. The van der Waals surface area contributed by atoms with Crippen LogP contribution in [0.2, 0.25) is 18.1 Å². The third-order valence-corrected chi connectivity index (χ3v) is 10.9. The summed E-state index contributed by atoms with van der Waals surface area (Å²) in [4.78, 5) is 0. The van der Waals surface area contributed by atoms with Gasteiger partial charge in [-0.2, -0.15) is 0 Å². The Kier molecular flexibility index (Phi) is 5.65. The third kappa shape index (κ3) is 4.60. The van der Waals surface area contributed by atoms with Gasteiger partial charge in [0.05, 0.1) is 18.8 Å². The van der Waals surface area contributed by atoms with Gasteiger partial charge in [0, 0.05) is 0 Å². The van der Waals surface area contributed by atoms with Crippen molar-refractivity contribution in [3.63, 3.8) is 0 Å². The van der Waals surface area contributed by atoms with Gasteiger partial charge in [-0.15, -0.1) is 0 Å². The molecule has 3 heterocycles. The highest BCUT2D eigenvalue weighted by Gasteiger charge is 2.55. The fraction of sp³-hybridized carbons (Fsp3) is 1.00. The van der Waals surface area contributed by atoms with Crippen LogP contribution in [0.5, 0.6) is 0 Å². The maximum atomic E-state index is 6.78. The summed E-state index contributed by atoms with van der Waals surface area (Å²) in [5.41, 5.74) is 0. The van der Waals surface area contributed by atoms with Gasteiger partial charge in [0.2, 0.25) is 0 Å². The van der Waals surface area contributed by atoms with Gasteiger partial charge in [-0.25, -0.2) is 0 Å². The minimum Gasteiger partial charge on any atom is -0.412 e. The number of nitrogens with one attached hydrogen (secondary N) is 1. The molecule has 0 spiro atoms. The highest BCUT2D eigenvalue weighted by Crippen LogP contribution is 2.42. The van der Waals surface area contributed by atoms with Gasteiger partial charge in [0.25, 0.3) is 0 Å². The summed E-state index contributed by atoms with van der Waals surface area (Å²) in [7, 11) is -1.87. The lowest BCUT2D eigenvalue weighted by Gasteiger charge is -2.41. The topological polar surface area (TPSA) is 58.2 Å². The second kappa shape index (κ2) is 7.04. The average molecular weight is 402 g/mol. The molecule has 158 valence electrons. The van der Waals surface area contributed by atoms with E-state index in [0.717, 1.165) is 13.0 Å². The van der Waals surface area contributed by atoms with Crippen molar-refractivity contribution in [2.75, 3.05) is 13.2 Å². The van der Waals surface area contributed by atoms with Crippen LogP contribution in [0.3, 0.4) is 0 Å². The van der Waals surface area contributed by atoms with E-state index in [2.05, 4.69) is 39.2 Å². The lowest BCUT2D eigenvalue weighted by Crippen LogP contribution is -2.54. The molecule has 0 aliphatic carbocycles. The molecule has 27 heavy (non-hydrogen) atoms. The maximum Gasteiger partial charge on any atom is 0.192 e. The van der Waals surface area contributed by atoms with Crippen LogP contribution in [-0.4, -0.2) is 63.5 Å². The molecule has 3 rings (SSSR count). The fourth-order valence-electron chi connectivity index (χ4n) is 3.98. The summed E-state index contributed by atoms with van der Waals surface area (Å²) in [5, 5.41) is 3.81. The number of hydrogen-bond acceptors (Lipinski definition) is 6. The largest absolute Gasteiger partial charge is 0.412 e. The van der Waals surface area contributed by atoms with Crippen molar-refractivity contribution in [2.45, 2.75) is 115 Å². The SMILES string of the molecule is CC1(C)O[C@H]([C@@H]2NCC[C@@H]2O[Si](C)(C)C(C)(C)C)[C@@H]([C@H]2COC(C)(C)O2)O1. The molecular formula is C20H39NO5Si. The van der Waals surface area contributed by atoms with Gasteiger partial charge >= 0.3 is 0 Å². The second-order valence-electron chi connectivity index (χ2n) is 10.6. The molecule has 7 heteroatoms. The van der Waals surface area contributed by atoms with E-state index in [1.165, 1.54) is 0 Å². The molecule has 0 unspecified atom stereocenters. The molecule has 0 bridgehead atoms. The monoisotopic (exact) mass is 401 g/mol. The minimum absolute atomic E-state index is 0.0956. The van der Waals surface area contributed by atoms with Gasteiger partial charge in [0.15, 0.2) is 19.9 Å². The maximum absolute atomic E-state index is 6.78. The molecule has 3 aliphatic rings. The predicted molar refractivity (Wildman–Crippen MR) is 107 cm³/mol. The lowest BCUT2D eigenvalue weighted by molar-refractivity contribution is -0.175. The van der Waals surface area contributed by atoms with Gasteiger partial charge in [-0.05, 0) is 58.8 Å². The molecule has 0 aromatic rings. The van der Waals surface area contributed by atoms with Crippen molar-refractivity contribution in [1.29, 1.82) is 0 Å². The summed E-state index contributed by atoms with van der Waals surface area (Å²) in [6.45, 7) is 20.8. The van der Waals surface area contributed by atoms with E-state index in [0.29, 0.717) is 6.61 Å². The Morgan fingerprint density at radius 2 is 1.59 bits per heavy atom. The number of rotatable bonds is 4. The Labute approximate surface area is 165 Å². The average Bonchev–Trinajstić information content (AvgIpc) is 3.14. The first-order valence-electron chi connectivity index (χ1n) is 10.3. The molecule has 0 saturated carbocycles. The Bertz CT molecular complexity index is 545. The lowest BCUT2D eigenvalue weighted by atomic mass is 9.98. The molecule has 0 radical (unpaired) electrons. The van der Waals surface area contributed by atoms with Crippen molar-refractivity contribution < 1.29 is 23.4 Å². The molecule has 5 atom stereocenters. The highest BCUT2D eigenvalue weighted by atomic mass is 28.4. The zero-order valence-corrected chi connectivity index (χ0v) is 19.5. The smallest absolute Gasteiger partial charge is 0.192 e. The van der Waals surface area contributed by atoms with Crippen LogP contribution >= 0.6 is 0 Å². The van der Waals surface area contributed by atoms with Crippen LogP contribution in [0, 0.1) is 0 Å². The van der Waals surface area contributed by atoms with E-state index in [4.69, 9.17) is 23.4 Å². The summed E-state index contributed by atoms with van der Waals surface area (Å²) in [6, 6.07) is 0.0956. The van der Waals surface area contributed by atoms with E-state index >= 15 is 0 Å². The van der Waals surface area contributed by atoms with Crippen molar-refractivity contribution >= 4 is 8.32 Å². The Morgan fingerprint density at radius 1 is 0.963 bits per heavy atom. The normalized spacial score (nSPS) is 39.2. The van der Waals surface area contributed by atoms with Crippen molar-refractivity contribution in [1.82, 2.24) is 5.32 Å². The van der Waals surface area contributed by atoms with Crippen molar-refractivity contribution in [3.05, 3.63) is 0 Å². The summed E-state index contributed by atoms with van der Waals surface area (Å²) < 4.78 is 31.3. The number of hydrogen-bond donors (Lipinski definition) is 1. The zero-order chi connectivity index (χ0) is 20.3. The van der Waals surface area contributed by atoms with E-state index in [1.54, 1.807) is 0 Å². The van der Waals surface area contributed by atoms with Crippen LogP contribution < -0.4 is 5.32 Å². The summed E-state index contributed by atoms with van der Waals surface area (Å²) >= 11 is 0. The molecule has 6 nitrogen and oxygen atoms in total. The molecule has 3 fully saturated rings. The van der Waals surface area contributed by atoms with Crippen LogP contribution in [-0.2, 0) is 23.4 Å². The Morgan fingerprint density at radius 3 is 2.15 bits per heavy atom.